The lowest BCUT2D eigenvalue weighted by Gasteiger charge is -2.32. The number of carbonyl (C=O) groups is 1. The van der Waals surface area contributed by atoms with Crippen molar-refractivity contribution >= 4 is 5.91 Å². The summed E-state index contributed by atoms with van der Waals surface area (Å²) in [5.74, 6) is 1.58. The van der Waals surface area contributed by atoms with Crippen LogP contribution in [0.4, 0.5) is 4.39 Å². The van der Waals surface area contributed by atoms with Crippen molar-refractivity contribution in [2.24, 2.45) is 0 Å². The molecule has 37 heavy (non-hydrogen) atoms. The number of hydrogen-bond acceptors (Lipinski definition) is 6. The van der Waals surface area contributed by atoms with E-state index in [-0.39, 0.29) is 24.4 Å². The molecule has 7 nitrogen and oxygen atoms in total. The van der Waals surface area contributed by atoms with Crippen molar-refractivity contribution in [2.45, 2.75) is 12.6 Å². The molecule has 0 saturated carbocycles. The van der Waals surface area contributed by atoms with Gasteiger partial charge in [-0.2, -0.15) is 0 Å². The summed E-state index contributed by atoms with van der Waals surface area (Å²) in [7, 11) is 2.13. The van der Waals surface area contributed by atoms with Crippen LogP contribution in [0.15, 0.2) is 66.7 Å². The van der Waals surface area contributed by atoms with Crippen molar-refractivity contribution < 1.29 is 23.4 Å². The highest BCUT2D eigenvalue weighted by atomic mass is 19.1. The number of halogens is 1. The van der Waals surface area contributed by atoms with Crippen molar-refractivity contribution in [3.05, 3.63) is 78.1 Å². The highest BCUT2D eigenvalue weighted by Gasteiger charge is 2.21. The summed E-state index contributed by atoms with van der Waals surface area (Å²) in [6.07, 6.45) is -0.262. The molecule has 1 atom stereocenters. The van der Waals surface area contributed by atoms with Gasteiger partial charge in [-0.05, 0) is 54.6 Å². The van der Waals surface area contributed by atoms with Crippen LogP contribution in [0.5, 0.6) is 17.2 Å². The number of fused-ring (bicyclic) bond motifs is 1. The zero-order valence-corrected chi connectivity index (χ0v) is 21.0. The molecule has 194 valence electrons. The molecule has 0 aromatic heterocycles. The summed E-state index contributed by atoms with van der Waals surface area (Å²) >= 11 is 0. The van der Waals surface area contributed by atoms with Crippen molar-refractivity contribution in [1.82, 2.24) is 15.1 Å². The normalized spacial score (nSPS) is 17.8. The Morgan fingerprint density at radius 1 is 1.00 bits per heavy atom. The summed E-state index contributed by atoms with van der Waals surface area (Å²) in [5.41, 5.74) is 2.91. The average molecular weight is 506 g/mol. The molecule has 3 aromatic rings. The number of nitrogens with one attached hydrogen (secondary N) is 1. The molecule has 1 N–H and O–H groups in total. The number of nitrogens with zero attached hydrogens (tertiary/aromatic N) is 2. The molecule has 0 bridgehead atoms. The van der Waals surface area contributed by atoms with E-state index < -0.39 is 0 Å². The van der Waals surface area contributed by atoms with Gasteiger partial charge >= 0.3 is 0 Å². The Balaban J connectivity index is 1.21. The number of benzene rings is 3. The number of likely N-dealkylation sites (N-methyl/N-ethyl adjacent to an activating group) is 1. The standard InChI is InChI=1S/C29H32FN3O4/c1-32-12-14-33(15-13-32)18-23-16-22(21-6-9-24(30)10-7-21)8-11-26(23)36-20-29(34)31-17-25-19-35-27-4-2-3-5-28(27)37-25/h2-11,16,25H,12-15,17-20H2,1H3,(H,31,34). The molecule has 2 aliphatic rings. The van der Waals surface area contributed by atoms with Gasteiger partial charge in [0.25, 0.3) is 5.91 Å². The zero-order chi connectivity index (χ0) is 25.6. The van der Waals surface area contributed by atoms with Gasteiger partial charge in [0.15, 0.2) is 18.1 Å². The first-order valence-corrected chi connectivity index (χ1v) is 12.6. The van der Waals surface area contributed by atoms with E-state index in [0.29, 0.717) is 36.9 Å². The second-order valence-electron chi connectivity index (χ2n) is 9.50. The predicted octanol–water partition coefficient (Wildman–Crippen LogP) is 3.58. The lowest BCUT2D eigenvalue weighted by molar-refractivity contribution is -0.123. The topological polar surface area (TPSA) is 63.3 Å². The van der Waals surface area contributed by atoms with Crippen LogP contribution in [0.1, 0.15) is 5.56 Å². The van der Waals surface area contributed by atoms with Crippen molar-refractivity contribution in [3.8, 4) is 28.4 Å². The van der Waals surface area contributed by atoms with Crippen LogP contribution >= 0.6 is 0 Å². The molecule has 1 saturated heterocycles. The van der Waals surface area contributed by atoms with Crippen molar-refractivity contribution in [3.63, 3.8) is 0 Å². The van der Waals surface area contributed by atoms with Gasteiger partial charge in [0, 0.05) is 38.3 Å². The fraction of sp³-hybridized carbons (Fsp3) is 0.345. The molecule has 1 fully saturated rings. The Bertz CT molecular complexity index is 1210. The van der Waals surface area contributed by atoms with E-state index in [4.69, 9.17) is 14.2 Å². The third-order valence-electron chi connectivity index (χ3n) is 6.68. The second kappa shape index (κ2) is 11.6. The molecule has 0 aliphatic carbocycles. The molecule has 0 radical (unpaired) electrons. The zero-order valence-electron chi connectivity index (χ0n) is 21.0. The summed E-state index contributed by atoms with van der Waals surface area (Å²) in [5, 5.41) is 2.88. The molecular formula is C29H32FN3O4. The summed E-state index contributed by atoms with van der Waals surface area (Å²) in [4.78, 5) is 17.3. The molecule has 5 rings (SSSR count). The Kier molecular flexibility index (Phi) is 7.87. The van der Waals surface area contributed by atoms with Gasteiger partial charge in [-0.3, -0.25) is 9.69 Å². The Morgan fingerprint density at radius 3 is 2.51 bits per heavy atom. The second-order valence-corrected chi connectivity index (χ2v) is 9.50. The summed E-state index contributed by atoms with van der Waals surface area (Å²) in [6.45, 7) is 5.25. The fourth-order valence-corrected chi connectivity index (χ4v) is 4.50. The highest BCUT2D eigenvalue weighted by Crippen LogP contribution is 2.31. The Morgan fingerprint density at radius 2 is 1.73 bits per heavy atom. The van der Waals surface area contributed by atoms with Crippen LogP contribution in [0.3, 0.4) is 0 Å². The van der Waals surface area contributed by atoms with E-state index in [0.717, 1.165) is 42.9 Å². The molecule has 2 heterocycles. The summed E-state index contributed by atoms with van der Waals surface area (Å²) < 4.78 is 31.0. The number of carbonyl (C=O) groups excluding carboxylic acids is 1. The van der Waals surface area contributed by atoms with E-state index in [1.807, 2.05) is 36.4 Å². The maximum absolute atomic E-state index is 13.4. The van der Waals surface area contributed by atoms with Gasteiger partial charge in [0.05, 0.1) is 6.54 Å². The van der Waals surface area contributed by atoms with Gasteiger partial charge in [-0.25, -0.2) is 4.39 Å². The number of ether oxygens (including phenoxy) is 3. The van der Waals surface area contributed by atoms with E-state index >= 15 is 0 Å². The molecule has 1 amide bonds. The first-order chi connectivity index (χ1) is 18.0. The van der Waals surface area contributed by atoms with Crippen molar-refractivity contribution in [1.29, 1.82) is 0 Å². The van der Waals surface area contributed by atoms with Crippen LogP contribution in [-0.4, -0.2) is 74.8 Å². The lowest BCUT2D eigenvalue weighted by Crippen LogP contribution is -2.44. The van der Waals surface area contributed by atoms with Gasteiger partial charge in [-0.1, -0.05) is 30.3 Å². The number of rotatable bonds is 8. The highest BCUT2D eigenvalue weighted by molar-refractivity contribution is 5.77. The van der Waals surface area contributed by atoms with E-state index in [1.165, 1.54) is 12.1 Å². The predicted molar refractivity (Wildman–Crippen MR) is 139 cm³/mol. The molecule has 0 spiro atoms. The molecule has 2 aliphatic heterocycles. The number of para-hydroxylation sites is 2. The molecule has 3 aromatic carbocycles. The quantitative estimate of drug-likeness (QED) is 0.505. The van der Waals surface area contributed by atoms with Crippen LogP contribution < -0.4 is 19.5 Å². The van der Waals surface area contributed by atoms with E-state index in [9.17, 15) is 9.18 Å². The van der Waals surface area contributed by atoms with E-state index in [2.05, 4.69) is 28.2 Å². The van der Waals surface area contributed by atoms with Crippen LogP contribution in [-0.2, 0) is 11.3 Å². The van der Waals surface area contributed by atoms with Gasteiger partial charge in [-0.15, -0.1) is 0 Å². The summed E-state index contributed by atoms with van der Waals surface area (Å²) in [6, 6.07) is 19.9. The monoisotopic (exact) mass is 505 g/mol. The van der Waals surface area contributed by atoms with Crippen LogP contribution in [0.25, 0.3) is 11.1 Å². The molecule has 1 unspecified atom stereocenters. The average Bonchev–Trinajstić information content (AvgIpc) is 2.92. The number of amides is 1. The largest absolute Gasteiger partial charge is 0.486 e. The molecular weight excluding hydrogens is 473 g/mol. The first kappa shape index (κ1) is 25.0. The SMILES string of the molecule is CN1CCN(Cc2cc(-c3ccc(F)cc3)ccc2OCC(=O)NCC2COc3ccccc3O2)CC1. The molecule has 8 heteroatoms. The Labute approximate surface area is 216 Å². The van der Waals surface area contributed by atoms with Crippen molar-refractivity contribution in [2.75, 3.05) is 53.0 Å². The maximum atomic E-state index is 13.4. The third kappa shape index (κ3) is 6.58. The maximum Gasteiger partial charge on any atom is 0.258 e. The minimum Gasteiger partial charge on any atom is -0.486 e. The van der Waals surface area contributed by atoms with Gasteiger partial charge < -0.3 is 24.4 Å². The minimum absolute atomic E-state index is 0.101. The minimum atomic E-state index is -0.262. The van der Waals surface area contributed by atoms with E-state index in [1.54, 1.807) is 12.1 Å². The number of hydrogen-bond donors (Lipinski definition) is 1. The van der Waals surface area contributed by atoms with Crippen LogP contribution in [0, 0.1) is 5.82 Å². The van der Waals surface area contributed by atoms with Crippen LogP contribution in [0.2, 0.25) is 0 Å². The lowest BCUT2D eigenvalue weighted by atomic mass is 10.0. The fourth-order valence-electron chi connectivity index (χ4n) is 4.50. The third-order valence-corrected chi connectivity index (χ3v) is 6.68. The van der Waals surface area contributed by atoms with Gasteiger partial charge in [0.1, 0.15) is 24.3 Å². The smallest absolute Gasteiger partial charge is 0.258 e. The Hall–Kier alpha value is -3.62. The first-order valence-electron chi connectivity index (χ1n) is 12.6. The van der Waals surface area contributed by atoms with Gasteiger partial charge in [0.2, 0.25) is 0 Å². The number of piperazine rings is 1.